The SMILES string of the molecule is Pc1ccc(P(c2ccccc2)c2ccccc2)cc1. The first-order valence-corrected chi connectivity index (χ1v) is 8.52. The van der Waals surface area contributed by atoms with E-state index in [2.05, 4.69) is 94.2 Å². The maximum Gasteiger partial charge on any atom is -0.0134 e. The highest BCUT2D eigenvalue weighted by molar-refractivity contribution is 7.79. The predicted octanol–water partition coefficient (Wildman–Crippen LogP) is 2.95. The van der Waals surface area contributed by atoms with Gasteiger partial charge < -0.3 is 0 Å². The Kier molecular flexibility index (Phi) is 4.26. The largest absolute Gasteiger partial charge is 0.106 e. The van der Waals surface area contributed by atoms with E-state index in [4.69, 9.17) is 0 Å². The zero-order chi connectivity index (χ0) is 13.8. The molecule has 0 heterocycles. The molecule has 0 aromatic heterocycles. The molecule has 0 aliphatic heterocycles. The Morgan fingerprint density at radius 3 is 1.35 bits per heavy atom. The molecule has 3 aromatic rings. The summed E-state index contributed by atoms with van der Waals surface area (Å²) in [5.41, 5.74) is 0. The molecular formula is C18H16P2. The van der Waals surface area contributed by atoms with E-state index in [0.717, 1.165) is 0 Å². The van der Waals surface area contributed by atoms with Crippen LogP contribution in [0.5, 0.6) is 0 Å². The van der Waals surface area contributed by atoms with Crippen molar-refractivity contribution in [2.24, 2.45) is 0 Å². The van der Waals surface area contributed by atoms with Crippen LogP contribution >= 0.6 is 17.2 Å². The minimum Gasteiger partial charge on any atom is -0.106 e. The average Bonchev–Trinajstić information content (AvgIpc) is 2.52. The molecule has 0 amide bonds. The third kappa shape index (κ3) is 2.98. The lowest BCUT2D eigenvalue weighted by Gasteiger charge is -2.19. The van der Waals surface area contributed by atoms with E-state index in [1.807, 2.05) is 0 Å². The summed E-state index contributed by atoms with van der Waals surface area (Å²) < 4.78 is 0. The predicted molar refractivity (Wildman–Crippen MR) is 94.5 cm³/mol. The molecule has 1 atom stereocenters. The van der Waals surface area contributed by atoms with Gasteiger partial charge in [-0.3, -0.25) is 0 Å². The van der Waals surface area contributed by atoms with Gasteiger partial charge in [0.2, 0.25) is 0 Å². The highest BCUT2D eigenvalue weighted by Gasteiger charge is 2.15. The summed E-state index contributed by atoms with van der Waals surface area (Å²) in [7, 11) is 2.28. The third-order valence-corrected chi connectivity index (χ3v) is 6.01. The van der Waals surface area contributed by atoms with Crippen LogP contribution in [0.15, 0.2) is 84.9 Å². The van der Waals surface area contributed by atoms with Crippen LogP contribution in [0.2, 0.25) is 0 Å². The van der Waals surface area contributed by atoms with Gasteiger partial charge in [-0.1, -0.05) is 84.9 Å². The second-order valence-corrected chi connectivity index (χ2v) is 7.48. The lowest BCUT2D eigenvalue weighted by Crippen LogP contribution is -2.20. The second-order valence-electron chi connectivity index (χ2n) is 4.60. The van der Waals surface area contributed by atoms with Crippen LogP contribution in [0.4, 0.5) is 0 Å². The van der Waals surface area contributed by atoms with E-state index in [1.54, 1.807) is 0 Å². The van der Waals surface area contributed by atoms with Crippen molar-refractivity contribution in [3.63, 3.8) is 0 Å². The summed E-state index contributed by atoms with van der Waals surface area (Å²) in [6.45, 7) is 0. The quantitative estimate of drug-likeness (QED) is 0.652. The smallest absolute Gasteiger partial charge is 0.0134 e. The summed E-state index contributed by atoms with van der Waals surface area (Å²) in [4.78, 5) is 0. The van der Waals surface area contributed by atoms with Gasteiger partial charge in [-0.2, -0.15) is 0 Å². The third-order valence-electron chi connectivity index (χ3n) is 3.18. The minimum absolute atomic E-state index is 0.468. The highest BCUT2D eigenvalue weighted by Crippen LogP contribution is 2.32. The molecule has 2 heteroatoms. The van der Waals surface area contributed by atoms with Gasteiger partial charge in [0.25, 0.3) is 0 Å². The summed E-state index contributed by atoms with van der Waals surface area (Å²) in [5, 5.41) is 5.41. The monoisotopic (exact) mass is 294 g/mol. The van der Waals surface area contributed by atoms with Gasteiger partial charge in [0.1, 0.15) is 0 Å². The Hall–Kier alpha value is -1.48. The molecule has 0 saturated heterocycles. The van der Waals surface area contributed by atoms with Gasteiger partial charge in [0.15, 0.2) is 0 Å². The molecule has 0 bridgehead atoms. The minimum atomic E-state index is -0.468. The average molecular weight is 294 g/mol. The van der Waals surface area contributed by atoms with Crippen molar-refractivity contribution in [1.29, 1.82) is 0 Å². The van der Waals surface area contributed by atoms with Gasteiger partial charge in [0.05, 0.1) is 0 Å². The summed E-state index contributed by atoms with van der Waals surface area (Å²) in [6, 6.07) is 30.4. The van der Waals surface area contributed by atoms with Gasteiger partial charge >= 0.3 is 0 Å². The van der Waals surface area contributed by atoms with E-state index < -0.39 is 7.92 Å². The maximum atomic E-state index is 2.75. The van der Waals surface area contributed by atoms with Crippen molar-refractivity contribution in [2.75, 3.05) is 0 Å². The van der Waals surface area contributed by atoms with Gasteiger partial charge in [-0.05, 0) is 29.1 Å². The zero-order valence-electron chi connectivity index (χ0n) is 11.1. The van der Waals surface area contributed by atoms with Gasteiger partial charge in [-0.25, -0.2) is 0 Å². The lowest BCUT2D eigenvalue weighted by atomic mass is 10.3. The first-order chi connectivity index (χ1) is 9.84. The van der Waals surface area contributed by atoms with E-state index in [1.165, 1.54) is 21.2 Å². The van der Waals surface area contributed by atoms with Crippen LogP contribution in [0.25, 0.3) is 0 Å². The molecule has 3 aromatic carbocycles. The molecule has 98 valence electrons. The summed E-state index contributed by atoms with van der Waals surface area (Å²) in [5.74, 6) is 0. The molecule has 20 heavy (non-hydrogen) atoms. The van der Waals surface area contributed by atoms with Crippen LogP contribution < -0.4 is 21.2 Å². The van der Waals surface area contributed by atoms with Gasteiger partial charge in [0, 0.05) is 0 Å². The summed E-state index contributed by atoms with van der Waals surface area (Å²) in [6.07, 6.45) is 0. The Balaban J connectivity index is 2.11. The van der Waals surface area contributed by atoms with Crippen molar-refractivity contribution < 1.29 is 0 Å². The van der Waals surface area contributed by atoms with Gasteiger partial charge in [-0.15, -0.1) is 9.24 Å². The second kappa shape index (κ2) is 6.31. The molecule has 0 N–H and O–H groups in total. The van der Waals surface area contributed by atoms with Crippen LogP contribution in [0.3, 0.4) is 0 Å². The van der Waals surface area contributed by atoms with Crippen LogP contribution in [-0.2, 0) is 0 Å². The van der Waals surface area contributed by atoms with Crippen molar-refractivity contribution in [2.45, 2.75) is 0 Å². The number of hydrogen-bond acceptors (Lipinski definition) is 0. The van der Waals surface area contributed by atoms with E-state index >= 15 is 0 Å². The van der Waals surface area contributed by atoms with Crippen molar-refractivity contribution in [3.8, 4) is 0 Å². The Labute approximate surface area is 123 Å². The first kappa shape index (κ1) is 13.5. The Morgan fingerprint density at radius 1 is 0.500 bits per heavy atom. The molecule has 0 radical (unpaired) electrons. The Bertz CT molecular complexity index is 621. The molecule has 0 nitrogen and oxygen atoms in total. The van der Waals surface area contributed by atoms with Crippen LogP contribution in [-0.4, -0.2) is 0 Å². The van der Waals surface area contributed by atoms with Crippen molar-refractivity contribution in [3.05, 3.63) is 84.9 Å². The molecule has 0 aliphatic carbocycles. The zero-order valence-corrected chi connectivity index (χ0v) is 13.2. The fraction of sp³-hybridized carbons (Fsp3) is 0. The normalized spacial score (nSPS) is 10.7. The molecular weight excluding hydrogens is 278 g/mol. The van der Waals surface area contributed by atoms with E-state index in [0.29, 0.717) is 0 Å². The highest BCUT2D eigenvalue weighted by atomic mass is 31.1. The lowest BCUT2D eigenvalue weighted by molar-refractivity contribution is 1.75. The fourth-order valence-electron chi connectivity index (χ4n) is 2.22. The standard InChI is InChI=1S/C18H16P2/c19-15-11-13-18(14-12-15)20(16-7-3-1-4-8-16)17-9-5-2-6-10-17/h1-14H,19H2. The van der Waals surface area contributed by atoms with E-state index in [9.17, 15) is 0 Å². The molecule has 0 aliphatic rings. The topological polar surface area (TPSA) is 0 Å². The number of rotatable bonds is 3. The summed E-state index contributed by atoms with van der Waals surface area (Å²) >= 11 is 0. The van der Waals surface area contributed by atoms with Crippen LogP contribution in [0.1, 0.15) is 0 Å². The molecule has 3 rings (SSSR count). The maximum absolute atomic E-state index is 2.75. The molecule has 1 unspecified atom stereocenters. The Morgan fingerprint density at radius 2 is 0.900 bits per heavy atom. The molecule has 0 spiro atoms. The van der Waals surface area contributed by atoms with Crippen molar-refractivity contribution in [1.82, 2.24) is 0 Å². The van der Waals surface area contributed by atoms with Crippen LogP contribution in [0, 0.1) is 0 Å². The van der Waals surface area contributed by atoms with Crippen molar-refractivity contribution >= 4 is 38.4 Å². The van der Waals surface area contributed by atoms with E-state index in [-0.39, 0.29) is 0 Å². The molecule has 0 fully saturated rings. The fourth-order valence-corrected chi connectivity index (χ4v) is 4.70. The first-order valence-electron chi connectivity index (χ1n) is 6.60. The molecule has 0 saturated carbocycles. The number of benzene rings is 3. The number of hydrogen-bond donors (Lipinski definition) is 0.